The highest BCUT2D eigenvalue weighted by Gasteiger charge is 2.11. The molecule has 0 saturated heterocycles. The number of hydrogen-bond acceptors (Lipinski definition) is 2. The van der Waals surface area contributed by atoms with E-state index in [-0.39, 0.29) is 5.82 Å². The van der Waals surface area contributed by atoms with Crippen LogP contribution in [0.2, 0.25) is 0 Å². The molecule has 2 heterocycles. The summed E-state index contributed by atoms with van der Waals surface area (Å²) in [5.74, 6) is 1.10. The largest absolute Gasteiger partial charge is 0.461 e. The minimum atomic E-state index is -0.281. The average molecular weight is 216 g/mol. The van der Waals surface area contributed by atoms with Crippen LogP contribution >= 0.6 is 0 Å². The monoisotopic (exact) mass is 216 g/mol. The van der Waals surface area contributed by atoms with Crippen LogP contribution in [0.15, 0.2) is 41.0 Å². The second-order valence-corrected chi connectivity index (χ2v) is 3.60. The highest BCUT2D eigenvalue weighted by atomic mass is 19.1. The molecule has 0 N–H and O–H groups in total. The second kappa shape index (κ2) is 3.20. The first kappa shape index (κ1) is 9.15. The van der Waals surface area contributed by atoms with Crippen LogP contribution in [-0.4, -0.2) is 9.55 Å². The van der Waals surface area contributed by atoms with Gasteiger partial charge in [0.05, 0.1) is 17.3 Å². The fourth-order valence-corrected chi connectivity index (χ4v) is 1.80. The number of benzene rings is 1. The molecule has 0 fully saturated rings. The van der Waals surface area contributed by atoms with Gasteiger partial charge in [-0.2, -0.15) is 0 Å². The summed E-state index contributed by atoms with van der Waals surface area (Å²) in [6, 6.07) is 8.19. The van der Waals surface area contributed by atoms with E-state index in [0.717, 1.165) is 5.52 Å². The van der Waals surface area contributed by atoms with E-state index in [4.69, 9.17) is 4.42 Å². The average Bonchev–Trinajstić information content (AvgIpc) is 2.86. The van der Waals surface area contributed by atoms with E-state index in [1.807, 2.05) is 17.7 Å². The van der Waals surface area contributed by atoms with Crippen molar-refractivity contribution in [3.8, 4) is 11.6 Å². The number of aryl methyl sites for hydroxylation is 1. The van der Waals surface area contributed by atoms with Gasteiger partial charge in [-0.1, -0.05) is 0 Å². The van der Waals surface area contributed by atoms with Crippen LogP contribution in [0.1, 0.15) is 0 Å². The van der Waals surface area contributed by atoms with E-state index in [1.54, 1.807) is 18.4 Å². The Kier molecular flexibility index (Phi) is 1.83. The first-order valence-corrected chi connectivity index (χ1v) is 4.91. The van der Waals surface area contributed by atoms with Gasteiger partial charge in [0.15, 0.2) is 11.6 Å². The summed E-state index contributed by atoms with van der Waals surface area (Å²) < 4.78 is 20.2. The molecule has 80 valence electrons. The molecule has 0 aliphatic rings. The third-order valence-electron chi connectivity index (χ3n) is 2.58. The predicted molar refractivity (Wildman–Crippen MR) is 58.4 cm³/mol. The highest BCUT2D eigenvalue weighted by Crippen LogP contribution is 2.24. The van der Waals surface area contributed by atoms with Gasteiger partial charge >= 0.3 is 0 Å². The van der Waals surface area contributed by atoms with Crippen LogP contribution < -0.4 is 0 Å². The van der Waals surface area contributed by atoms with Crippen LogP contribution in [0.3, 0.4) is 0 Å². The number of furan rings is 1. The molecule has 0 bridgehead atoms. The molecular formula is C12H9FN2O. The number of rotatable bonds is 1. The maximum atomic E-state index is 13.0. The smallest absolute Gasteiger partial charge is 0.176 e. The zero-order chi connectivity index (χ0) is 11.1. The Balaban J connectivity index is 2.31. The second-order valence-electron chi connectivity index (χ2n) is 3.60. The van der Waals surface area contributed by atoms with E-state index in [2.05, 4.69) is 4.98 Å². The minimum absolute atomic E-state index is 0.281. The van der Waals surface area contributed by atoms with Crippen molar-refractivity contribution in [3.05, 3.63) is 42.4 Å². The Hall–Kier alpha value is -2.10. The third kappa shape index (κ3) is 1.23. The highest BCUT2D eigenvalue weighted by molar-refractivity contribution is 5.79. The molecule has 3 nitrogen and oxygen atoms in total. The topological polar surface area (TPSA) is 31.0 Å². The molecule has 0 atom stereocenters. The number of imidazole rings is 1. The maximum Gasteiger partial charge on any atom is 0.176 e. The molecule has 0 spiro atoms. The van der Waals surface area contributed by atoms with Crippen molar-refractivity contribution < 1.29 is 8.81 Å². The van der Waals surface area contributed by atoms with Gasteiger partial charge in [-0.3, -0.25) is 0 Å². The minimum Gasteiger partial charge on any atom is -0.461 e. The lowest BCUT2D eigenvalue weighted by Gasteiger charge is -1.97. The van der Waals surface area contributed by atoms with Crippen LogP contribution in [0.5, 0.6) is 0 Å². The van der Waals surface area contributed by atoms with Crippen molar-refractivity contribution in [1.29, 1.82) is 0 Å². The van der Waals surface area contributed by atoms with E-state index in [1.165, 1.54) is 12.1 Å². The van der Waals surface area contributed by atoms with Gasteiger partial charge < -0.3 is 8.98 Å². The summed E-state index contributed by atoms with van der Waals surface area (Å²) in [7, 11) is 1.88. The molecule has 0 radical (unpaired) electrons. The summed E-state index contributed by atoms with van der Waals surface area (Å²) in [4.78, 5) is 4.34. The van der Waals surface area contributed by atoms with Crippen molar-refractivity contribution in [2.75, 3.05) is 0 Å². The van der Waals surface area contributed by atoms with Crippen LogP contribution in [0.4, 0.5) is 4.39 Å². The van der Waals surface area contributed by atoms with Gasteiger partial charge in [0.2, 0.25) is 0 Å². The predicted octanol–water partition coefficient (Wildman–Crippen LogP) is 2.97. The van der Waals surface area contributed by atoms with Crippen molar-refractivity contribution in [3.63, 3.8) is 0 Å². The summed E-state index contributed by atoms with van der Waals surface area (Å²) >= 11 is 0. The van der Waals surface area contributed by atoms with Crippen molar-refractivity contribution >= 4 is 11.0 Å². The Labute approximate surface area is 91.1 Å². The van der Waals surface area contributed by atoms with Crippen molar-refractivity contribution in [2.24, 2.45) is 7.05 Å². The lowest BCUT2D eigenvalue weighted by atomic mass is 10.3. The Bertz CT molecular complexity index is 640. The van der Waals surface area contributed by atoms with Crippen molar-refractivity contribution in [2.45, 2.75) is 0 Å². The SMILES string of the molecule is Cn1c(-c2ccco2)nc2cc(F)ccc21. The zero-order valence-corrected chi connectivity index (χ0v) is 8.64. The Morgan fingerprint density at radius 1 is 1.31 bits per heavy atom. The summed E-state index contributed by atoms with van der Waals surface area (Å²) in [6.45, 7) is 0. The van der Waals surface area contributed by atoms with E-state index in [0.29, 0.717) is 17.1 Å². The summed E-state index contributed by atoms with van der Waals surface area (Å²) in [6.07, 6.45) is 1.59. The molecule has 16 heavy (non-hydrogen) atoms. The molecule has 3 rings (SSSR count). The molecule has 0 aliphatic heterocycles. The van der Waals surface area contributed by atoms with Gasteiger partial charge in [0, 0.05) is 13.1 Å². The summed E-state index contributed by atoms with van der Waals surface area (Å²) in [5.41, 5.74) is 1.52. The zero-order valence-electron chi connectivity index (χ0n) is 8.64. The molecule has 0 amide bonds. The quantitative estimate of drug-likeness (QED) is 0.626. The van der Waals surface area contributed by atoms with Gasteiger partial charge in [-0.05, 0) is 24.3 Å². The standard InChI is InChI=1S/C12H9FN2O/c1-15-10-5-4-8(13)7-9(10)14-12(15)11-3-2-6-16-11/h2-7H,1H3. The van der Waals surface area contributed by atoms with Gasteiger partial charge in [0.25, 0.3) is 0 Å². The van der Waals surface area contributed by atoms with E-state index in [9.17, 15) is 4.39 Å². The Morgan fingerprint density at radius 2 is 2.19 bits per heavy atom. The Morgan fingerprint density at radius 3 is 2.94 bits per heavy atom. The molecule has 1 aromatic carbocycles. The number of fused-ring (bicyclic) bond motifs is 1. The molecule has 0 aliphatic carbocycles. The number of nitrogens with zero attached hydrogens (tertiary/aromatic N) is 2. The summed E-state index contributed by atoms with van der Waals surface area (Å²) in [5, 5.41) is 0. The molecule has 0 unspecified atom stereocenters. The van der Waals surface area contributed by atoms with Crippen LogP contribution in [-0.2, 0) is 7.05 Å². The van der Waals surface area contributed by atoms with E-state index < -0.39 is 0 Å². The number of halogens is 1. The maximum absolute atomic E-state index is 13.0. The number of hydrogen-bond donors (Lipinski definition) is 0. The molecule has 3 aromatic rings. The fraction of sp³-hybridized carbons (Fsp3) is 0.0833. The lowest BCUT2D eigenvalue weighted by Crippen LogP contribution is -1.90. The normalized spacial score (nSPS) is 11.1. The lowest BCUT2D eigenvalue weighted by molar-refractivity contribution is 0.574. The molecule has 0 saturated carbocycles. The van der Waals surface area contributed by atoms with Gasteiger partial charge in [-0.15, -0.1) is 0 Å². The van der Waals surface area contributed by atoms with Gasteiger partial charge in [0.1, 0.15) is 5.82 Å². The molecule has 4 heteroatoms. The first-order chi connectivity index (χ1) is 7.75. The van der Waals surface area contributed by atoms with Crippen molar-refractivity contribution in [1.82, 2.24) is 9.55 Å². The van der Waals surface area contributed by atoms with Crippen LogP contribution in [0.25, 0.3) is 22.6 Å². The third-order valence-corrected chi connectivity index (χ3v) is 2.58. The molecule has 2 aromatic heterocycles. The van der Waals surface area contributed by atoms with E-state index >= 15 is 0 Å². The van der Waals surface area contributed by atoms with Gasteiger partial charge in [-0.25, -0.2) is 9.37 Å². The van der Waals surface area contributed by atoms with Crippen LogP contribution in [0, 0.1) is 5.82 Å². The fourth-order valence-electron chi connectivity index (χ4n) is 1.80. The molecular weight excluding hydrogens is 207 g/mol. The first-order valence-electron chi connectivity index (χ1n) is 4.91. The number of aromatic nitrogens is 2.